The summed E-state index contributed by atoms with van der Waals surface area (Å²) in [6, 6.07) is 25.4. The zero-order valence-corrected chi connectivity index (χ0v) is 17.4. The van der Waals surface area contributed by atoms with E-state index < -0.39 is 0 Å². The number of hydrogen-bond acceptors (Lipinski definition) is 4. The Balaban J connectivity index is 1.34. The van der Waals surface area contributed by atoms with Gasteiger partial charge in [0.1, 0.15) is 17.9 Å². The summed E-state index contributed by atoms with van der Waals surface area (Å²) in [6.07, 6.45) is 3.12. The summed E-state index contributed by atoms with van der Waals surface area (Å²) in [4.78, 5) is 18.8. The van der Waals surface area contributed by atoms with Gasteiger partial charge >= 0.3 is 0 Å². The van der Waals surface area contributed by atoms with Crippen molar-refractivity contribution in [3.8, 4) is 5.75 Å². The second-order valence-corrected chi connectivity index (χ2v) is 7.12. The second kappa shape index (κ2) is 9.76. The molecule has 0 saturated heterocycles. The van der Waals surface area contributed by atoms with Crippen LogP contribution in [0.3, 0.4) is 0 Å². The minimum absolute atomic E-state index is 0.0887. The lowest BCUT2D eigenvalue weighted by molar-refractivity contribution is -0.126. The molecule has 4 aromatic rings. The van der Waals surface area contributed by atoms with E-state index in [1.54, 1.807) is 11.0 Å². The average molecular weight is 412 g/mol. The third kappa shape index (κ3) is 5.39. The van der Waals surface area contributed by atoms with E-state index in [4.69, 9.17) is 9.15 Å². The SMILES string of the molecule is CCN(Cc1ccc(OCc2ccccc2)cc1)C(=O)/C=C/c1nc2ccccc2o1. The predicted molar refractivity (Wildman–Crippen MR) is 121 cm³/mol. The Kier molecular flexibility index (Phi) is 6.43. The van der Waals surface area contributed by atoms with Crippen LogP contribution in [-0.4, -0.2) is 22.3 Å². The Bertz CT molecular complexity index is 1130. The molecule has 3 aromatic carbocycles. The van der Waals surface area contributed by atoms with Crippen LogP contribution in [0.2, 0.25) is 0 Å². The van der Waals surface area contributed by atoms with Gasteiger partial charge in [0.15, 0.2) is 5.58 Å². The number of oxazole rings is 1. The molecular formula is C26H24N2O3. The van der Waals surface area contributed by atoms with Crippen molar-refractivity contribution in [1.29, 1.82) is 0 Å². The maximum absolute atomic E-state index is 12.6. The Morgan fingerprint density at radius 3 is 2.45 bits per heavy atom. The van der Waals surface area contributed by atoms with Gasteiger partial charge < -0.3 is 14.1 Å². The van der Waals surface area contributed by atoms with Crippen molar-refractivity contribution in [2.45, 2.75) is 20.1 Å². The topological polar surface area (TPSA) is 55.6 Å². The molecule has 0 aliphatic carbocycles. The zero-order chi connectivity index (χ0) is 21.5. The first kappa shape index (κ1) is 20.4. The maximum Gasteiger partial charge on any atom is 0.247 e. The smallest absolute Gasteiger partial charge is 0.247 e. The number of benzene rings is 3. The molecule has 4 rings (SSSR count). The molecule has 0 radical (unpaired) electrons. The molecule has 0 N–H and O–H groups in total. The largest absolute Gasteiger partial charge is 0.489 e. The molecule has 5 nitrogen and oxygen atoms in total. The van der Waals surface area contributed by atoms with Gasteiger partial charge in [-0.3, -0.25) is 4.79 Å². The van der Waals surface area contributed by atoms with Crippen molar-refractivity contribution < 1.29 is 13.9 Å². The van der Waals surface area contributed by atoms with E-state index in [-0.39, 0.29) is 5.91 Å². The van der Waals surface area contributed by atoms with Gasteiger partial charge in [0.05, 0.1) is 0 Å². The number of aromatic nitrogens is 1. The van der Waals surface area contributed by atoms with Crippen molar-refractivity contribution >= 4 is 23.1 Å². The third-order valence-electron chi connectivity index (χ3n) is 4.92. The van der Waals surface area contributed by atoms with Crippen molar-refractivity contribution in [3.05, 3.63) is 102 Å². The maximum atomic E-state index is 12.6. The predicted octanol–water partition coefficient (Wildman–Crippen LogP) is 5.47. The van der Waals surface area contributed by atoms with Gasteiger partial charge in [0, 0.05) is 25.2 Å². The fourth-order valence-corrected chi connectivity index (χ4v) is 3.21. The molecule has 0 aliphatic rings. The van der Waals surface area contributed by atoms with Crippen molar-refractivity contribution in [2.24, 2.45) is 0 Å². The molecule has 0 aliphatic heterocycles. The van der Waals surface area contributed by atoms with Crippen molar-refractivity contribution in [3.63, 3.8) is 0 Å². The fourth-order valence-electron chi connectivity index (χ4n) is 3.21. The van der Waals surface area contributed by atoms with Crippen LogP contribution >= 0.6 is 0 Å². The first-order chi connectivity index (χ1) is 15.2. The van der Waals surface area contributed by atoms with Crippen LogP contribution in [0.25, 0.3) is 17.2 Å². The minimum Gasteiger partial charge on any atom is -0.489 e. The van der Waals surface area contributed by atoms with Crippen LogP contribution in [0.15, 0.2) is 89.4 Å². The van der Waals surface area contributed by atoms with E-state index in [1.807, 2.05) is 85.8 Å². The van der Waals surface area contributed by atoms with Crippen LogP contribution in [0.1, 0.15) is 23.9 Å². The van der Waals surface area contributed by atoms with Gasteiger partial charge in [-0.25, -0.2) is 4.98 Å². The van der Waals surface area contributed by atoms with E-state index in [1.165, 1.54) is 6.08 Å². The molecule has 1 aromatic heterocycles. The molecule has 1 heterocycles. The number of carbonyl (C=O) groups is 1. The van der Waals surface area contributed by atoms with Gasteiger partial charge in [0.25, 0.3) is 0 Å². The lowest BCUT2D eigenvalue weighted by Gasteiger charge is -2.19. The monoisotopic (exact) mass is 412 g/mol. The summed E-state index contributed by atoms with van der Waals surface area (Å²) >= 11 is 0. The molecule has 0 unspecified atom stereocenters. The zero-order valence-electron chi connectivity index (χ0n) is 17.4. The number of hydrogen-bond donors (Lipinski definition) is 0. The molecular weight excluding hydrogens is 388 g/mol. The lowest BCUT2D eigenvalue weighted by Crippen LogP contribution is -2.28. The van der Waals surface area contributed by atoms with E-state index in [2.05, 4.69) is 4.98 Å². The normalized spacial score (nSPS) is 11.1. The summed E-state index contributed by atoms with van der Waals surface area (Å²) < 4.78 is 11.5. The number of nitrogens with zero attached hydrogens (tertiary/aromatic N) is 2. The summed E-state index contributed by atoms with van der Waals surface area (Å²) in [5.41, 5.74) is 3.64. The van der Waals surface area contributed by atoms with Gasteiger partial charge in [-0.05, 0) is 42.3 Å². The highest BCUT2D eigenvalue weighted by Gasteiger charge is 2.10. The highest BCUT2D eigenvalue weighted by Crippen LogP contribution is 2.17. The molecule has 5 heteroatoms. The molecule has 0 spiro atoms. The lowest BCUT2D eigenvalue weighted by atomic mass is 10.2. The van der Waals surface area contributed by atoms with Crippen molar-refractivity contribution in [2.75, 3.05) is 6.54 Å². The van der Waals surface area contributed by atoms with Crippen LogP contribution in [-0.2, 0) is 17.9 Å². The second-order valence-electron chi connectivity index (χ2n) is 7.12. The number of fused-ring (bicyclic) bond motifs is 1. The third-order valence-corrected chi connectivity index (χ3v) is 4.92. The van der Waals surface area contributed by atoms with E-state index in [0.29, 0.717) is 31.2 Å². The number of amides is 1. The molecule has 0 bridgehead atoms. The average Bonchev–Trinajstić information content (AvgIpc) is 3.24. The van der Waals surface area contributed by atoms with Gasteiger partial charge in [-0.1, -0.05) is 54.6 Å². The van der Waals surface area contributed by atoms with Crippen LogP contribution in [0.4, 0.5) is 0 Å². The van der Waals surface area contributed by atoms with E-state index >= 15 is 0 Å². The number of carbonyl (C=O) groups excluding carboxylic acids is 1. The Labute approximate surface area is 181 Å². The number of para-hydroxylation sites is 2. The summed E-state index contributed by atoms with van der Waals surface area (Å²) in [5.74, 6) is 1.14. The van der Waals surface area contributed by atoms with E-state index in [0.717, 1.165) is 22.4 Å². The first-order valence-corrected chi connectivity index (χ1v) is 10.3. The van der Waals surface area contributed by atoms with Crippen LogP contribution in [0, 0.1) is 0 Å². The standard InChI is InChI=1S/C26H24N2O3/c1-2-28(26(29)17-16-25-27-23-10-6-7-11-24(23)31-25)18-20-12-14-22(15-13-20)30-19-21-8-4-3-5-9-21/h3-17H,2,18-19H2,1H3/b17-16+. The van der Waals surface area contributed by atoms with E-state index in [9.17, 15) is 4.79 Å². The number of ether oxygens (including phenoxy) is 1. The first-order valence-electron chi connectivity index (χ1n) is 10.3. The van der Waals surface area contributed by atoms with Gasteiger partial charge in [0.2, 0.25) is 11.8 Å². The Morgan fingerprint density at radius 1 is 0.968 bits per heavy atom. The molecule has 0 saturated carbocycles. The molecule has 1 amide bonds. The molecule has 156 valence electrons. The highest BCUT2D eigenvalue weighted by atomic mass is 16.5. The number of rotatable bonds is 8. The van der Waals surface area contributed by atoms with Gasteiger partial charge in [-0.2, -0.15) is 0 Å². The molecule has 0 atom stereocenters. The van der Waals surface area contributed by atoms with Crippen LogP contribution in [0.5, 0.6) is 5.75 Å². The number of likely N-dealkylation sites (N-methyl/N-ethyl adjacent to an activating group) is 1. The summed E-state index contributed by atoms with van der Waals surface area (Å²) in [7, 11) is 0. The summed E-state index contributed by atoms with van der Waals surface area (Å²) in [5, 5.41) is 0. The quantitative estimate of drug-likeness (QED) is 0.360. The van der Waals surface area contributed by atoms with Crippen molar-refractivity contribution in [1.82, 2.24) is 9.88 Å². The molecule has 31 heavy (non-hydrogen) atoms. The minimum atomic E-state index is -0.0887. The Morgan fingerprint density at radius 2 is 1.71 bits per heavy atom. The van der Waals surface area contributed by atoms with Gasteiger partial charge in [-0.15, -0.1) is 0 Å². The van der Waals surface area contributed by atoms with Crippen LogP contribution < -0.4 is 4.74 Å². The summed E-state index contributed by atoms with van der Waals surface area (Å²) in [6.45, 7) is 3.61. The highest BCUT2D eigenvalue weighted by molar-refractivity contribution is 5.91. The fraction of sp³-hybridized carbons (Fsp3) is 0.154. The Hall–Kier alpha value is -3.86. The molecule has 0 fully saturated rings.